The lowest BCUT2D eigenvalue weighted by Crippen LogP contribution is -2.35. The molecule has 0 unspecified atom stereocenters. The molecule has 0 spiro atoms. The summed E-state index contributed by atoms with van der Waals surface area (Å²) in [4.78, 5) is 19.3. The third-order valence-corrected chi connectivity index (χ3v) is 4.46. The predicted octanol–water partition coefficient (Wildman–Crippen LogP) is 3.72. The van der Waals surface area contributed by atoms with Crippen molar-refractivity contribution in [3.05, 3.63) is 35.0 Å². The second-order valence-electron chi connectivity index (χ2n) is 6.51. The second-order valence-corrected chi connectivity index (χ2v) is 6.51. The van der Waals surface area contributed by atoms with Crippen molar-refractivity contribution in [1.82, 2.24) is 4.98 Å². The standard InChI is InChI=1S/C19H24N2O4/c1-11(2)18-20-12(3)17(25-18)19(22)21-8-6-7-14-15(21)9-13(23-4)10-16(14)24-5/h9-11H,6-8H2,1-5H3. The van der Waals surface area contributed by atoms with Gasteiger partial charge in [-0.25, -0.2) is 4.98 Å². The highest BCUT2D eigenvalue weighted by Crippen LogP contribution is 2.39. The van der Waals surface area contributed by atoms with E-state index >= 15 is 0 Å². The van der Waals surface area contributed by atoms with E-state index in [1.54, 1.807) is 26.0 Å². The molecular formula is C19H24N2O4. The Morgan fingerprint density at radius 2 is 2.04 bits per heavy atom. The monoisotopic (exact) mass is 344 g/mol. The van der Waals surface area contributed by atoms with Gasteiger partial charge in [-0.1, -0.05) is 13.8 Å². The summed E-state index contributed by atoms with van der Waals surface area (Å²) in [5.74, 6) is 2.25. The summed E-state index contributed by atoms with van der Waals surface area (Å²) in [7, 11) is 3.23. The molecule has 1 aliphatic heterocycles. The summed E-state index contributed by atoms with van der Waals surface area (Å²) in [6.45, 7) is 6.41. The molecule has 2 heterocycles. The van der Waals surface area contributed by atoms with Crippen LogP contribution >= 0.6 is 0 Å². The topological polar surface area (TPSA) is 64.8 Å². The van der Waals surface area contributed by atoms with E-state index in [1.165, 1.54) is 0 Å². The number of carbonyl (C=O) groups is 1. The van der Waals surface area contributed by atoms with Gasteiger partial charge in [-0.3, -0.25) is 4.79 Å². The number of rotatable bonds is 4. The minimum absolute atomic E-state index is 0.133. The van der Waals surface area contributed by atoms with Gasteiger partial charge in [0, 0.05) is 30.2 Å². The van der Waals surface area contributed by atoms with Crippen LogP contribution in [0.5, 0.6) is 11.5 Å². The fourth-order valence-corrected chi connectivity index (χ4v) is 3.13. The molecule has 6 nitrogen and oxygen atoms in total. The van der Waals surface area contributed by atoms with E-state index in [0.29, 0.717) is 29.6 Å². The maximum atomic E-state index is 13.1. The summed E-state index contributed by atoms with van der Waals surface area (Å²) in [6, 6.07) is 3.73. The zero-order valence-corrected chi connectivity index (χ0v) is 15.4. The predicted molar refractivity (Wildman–Crippen MR) is 94.9 cm³/mol. The first kappa shape index (κ1) is 17.3. The van der Waals surface area contributed by atoms with Crippen LogP contribution in [0.2, 0.25) is 0 Å². The highest BCUT2D eigenvalue weighted by Gasteiger charge is 2.30. The number of hydrogen-bond acceptors (Lipinski definition) is 5. The Hall–Kier alpha value is -2.50. The van der Waals surface area contributed by atoms with Crippen molar-refractivity contribution in [2.75, 3.05) is 25.7 Å². The molecule has 134 valence electrons. The first-order chi connectivity index (χ1) is 12.0. The van der Waals surface area contributed by atoms with Gasteiger partial charge in [0.05, 0.1) is 25.6 Å². The fourth-order valence-electron chi connectivity index (χ4n) is 3.13. The molecule has 0 aliphatic carbocycles. The molecule has 25 heavy (non-hydrogen) atoms. The zero-order valence-electron chi connectivity index (χ0n) is 15.4. The van der Waals surface area contributed by atoms with Gasteiger partial charge in [-0.15, -0.1) is 0 Å². The SMILES string of the molecule is COc1cc(OC)c2c(c1)N(C(=O)c1oc(C(C)C)nc1C)CCC2. The molecule has 0 radical (unpaired) electrons. The van der Waals surface area contributed by atoms with Crippen LogP contribution in [0, 0.1) is 6.92 Å². The fraction of sp³-hybridized carbons (Fsp3) is 0.474. The number of benzene rings is 1. The summed E-state index contributed by atoms with van der Waals surface area (Å²) in [6.07, 6.45) is 1.73. The Morgan fingerprint density at radius 1 is 1.28 bits per heavy atom. The van der Waals surface area contributed by atoms with E-state index in [1.807, 2.05) is 26.0 Å². The van der Waals surface area contributed by atoms with Crippen molar-refractivity contribution in [3.8, 4) is 11.5 Å². The van der Waals surface area contributed by atoms with E-state index < -0.39 is 0 Å². The first-order valence-corrected chi connectivity index (χ1v) is 8.50. The summed E-state index contributed by atoms with van der Waals surface area (Å²) in [5.41, 5.74) is 2.45. The molecule has 0 fully saturated rings. The lowest BCUT2D eigenvalue weighted by molar-refractivity contribution is 0.0955. The Bertz CT molecular complexity index is 795. The van der Waals surface area contributed by atoms with Gasteiger partial charge < -0.3 is 18.8 Å². The van der Waals surface area contributed by atoms with Gasteiger partial charge in [0.15, 0.2) is 5.89 Å². The van der Waals surface area contributed by atoms with Crippen LogP contribution in [-0.4, -0.2) is 31.7 Å². The molecular weight excluding hydrogens is 320 g/mol. The van der Waals surface area contributed by atoms with E-state index in [0.717, 1.165) is 29.8 Å². The first-order valence-electron chi connectivity index (χ1n) is 8.50. The van der Waals surface area contributed by atoms with Crippen LogP contribution in [-0.2, 0) is 6.42 Å². The third kappa shape index (κ3) is 3.08. The van der Waals surface area contributed by atoms with Crippen molar-refractivity contribution in [3.63, 3.8) is 0 Å². The van der Waals surface area contributed by atoms with Crippen LogP contribution in [0.25, 0.3) is 0 Å². The number of nitrogens with zero attached hydrogens (tertiary/aromatic N) is 2. The van der Waals surface area contributed by atoms with Crippen LogP contribution in [0.1, 0.15) is 53.9 Å². The average Bonchev–Trinajstić information content (AvgIpc) is 3.01. The lowest BCUT2D eigenvalue weighted by atomic mass is 9.99. The maximum absolute atomic E-state index is 13.1. The van der Waals surface area contributed by atoms with E-state index in [2.05, 4.69) is 4.98 Å². The highest BCUT2D eigenvalue weighted by molar-refractivity contribution is 6.06. The molecule has 6 heteroatoms. The number of fused-ring (bicyclic) bond motifs is 1. The number of anilines is 1. The van der Waals surface area contributed by atoms with Gasteiger partial charge in [0.25, 0.3) is 5.91 Å². The minimum atomic E-state index is -0.173. The maximum Gasteiger partial charge on any atom is 0.295 e. The molecule has 3 rings (SSSR count). The minimum Gasteiger partial charge on any atom is -0.497 e. The quantitative estimate of drug-likeness (QED) is 0.846. The van der Waals surface area contributed by atoms with Crippen LogP contribution < -0.4 is 14.4 Å². The average molecular weight is 344 g/mol. The lowest BCUT2D eigenvalue weighted by Gasteiger charge is -2.30. The summed E-state index contributed by atoms with van der Waals surface area (Å²) >= 11 is 0. The Labute approximate surface area is 147 Å². The van der Waals surface area contributed by atoms with Crippen LogP contribution in [0.15, 0.2) is 16.5 Å². The number of ether oxygens (including phenoxy) is 2. The number of hydrogen-bond donors (Lipinski definition) is 0. The summed E-state index contributed by atoms with van der Waals surface area (Å²) < 4.78 is 16.6. The van der Waals surface area contributed by atoms with Gasteiger partial charge in [0.1, 0.15) is 11.5 Å². The Kier molecular flexibility index (Phi) is 4.70. The van der Waals surface area contributed by atoms with E-state index in [4.69, 9.17) is 13.9 Å². The van der Waals surface area contributed by atoms with E-state index in [-0.39, 0.29) is 11.8 Å². The van der Waals surface area contributed by atoms with Crippen LogP contribution in [0.4, 0.5) is 5.69 Å². The molecule has 1 aromatic carbocycles. The molecule has 1 aliphatic rings. The molecule has 0 atom stereocenters. The zero-order chi connectivity index (χ0) is 18.1. The van der Waals surface area contributed by atoms with Crippen molar-refractivity contribution in [2.45, 2.75) is 39.5 Å². The number of aryl methyl sites for hydroxylation is 1. The normalized spacial score (nSPS) is 13.8. The van der Waals surface area contributed by atoms with Gasteiger partial charge in [0.2, 0.25) is 5.76 Å². The molecule has 0 bridgehead atoms. The van der Waals surface area contributed by atoms with Crippen molar-refractivity contribution < 1.29 is 18.7 Å². The number of carbonyl (C=O) groups excluding carboxylic acids is 1. The third-order valence-electron chi connectivity index (χ3n) is 4.46. The van der Waals surface area contributed by atoms with Gasteiger partial charge >= 0.3 is 0 Å². The van der Waals surface area contributed by atoms with Crippen molar-refractivity contribution >= 4 is 11.6 Å². The van der Waals surface area contributed by atoms with Gasteiger partial charge in [-0.2, -0.15) is 0 Å². The van der Waals surface area contributed by atoms with E-state index in [9.17, 15) is 4.79 Å². The highest BCUT2D eigenvalue weighted by atomic mass is 16.5. The molecule has 0 saturated heterocycles. The molecule has 1 aromatic heterocycles. The molecule has 0 N–H and O–H groups in total. The van der Waals surface area contributed by atoms with Crippen LogP contribution in [0.3, 0.4) is 0 Å². The van der Waals surface area contributed by atoms with Gasteiger partial charge in [-0.05, 0) is 19.8 Å². The van der Waals surface area contributed by atoms with Crippen molar-refractivity contribution in [1.29, 1.82) is 0 Å². The van der Waals surface area contributed by atoms with Crippen molar-refractivity contribution in [2.24, 2.45) is 0 Å². The Morgan fingerprint density at radius 3 is 2.64 bits per heavy atom. The number of aromatic nitrogens is 1. The second kappa shape index (κ2) is 6.78. The number of methoxy groups -OCH3 is 2. The Balaban J connectivity index is 2.04. The largest absolute Gasteiger partial charge is 0.497 e. The summed E-state index contributed by atoms with van der Waals surface area (Å²) in [5, 5.41) is 0. The molecule has 1 amide bonds. The number of oxazole rings is 1. The molecule has 2 aromatic rings. The number of amides is 1. The molecule has 0 saturated carbocycles. The smallest absolute Gasteiger partial charge is 0.295 e.